The van der Waals surface area contributed by atoms with E-state index in [1.165, 1.54) is 0 Å². The van der Waals surface area contributed by atoms with E-state index in [1.54, 1.807) is 6.26 Å². The molecule has 3 rings (SSSR count). The average molecular weight is 327 g/mol. The Kier molecular flexibility index (Phi) is 4.84. The van der Waals surface area contributed by atoms with Crippen LogP contribution in [0.4, 0.5) is 4.79 Å². The molecule has 2 amide bonds. The molecule has 1 unspecified atom stereocenters. The fourth-order valence-electron chi connectivity index (χ4n) is 2.55. The molecule has 0 spiro atoms. The van der Waals surface area contributed by atoms with Gasteiger partial charge in [0.25, 0.3) is 0 Å². The maximum atomic E-state index is 12.0. The normalized spacial score (nSPS) is 12.2. The molecule has 2 N–H and O–H groups in total. The van der Waals surface area contributed by atoms with Gasteiger partial charge in [0, 0.05) is 17.8 Å². The molecule has 0 bridgehead atoms. The molecule has 1 atom stereocenters. The number of amides is 2. The zero-order valence-electron chi connectivity index (χ0n) is 13.8. The van der Waals surface area contributed by atoms with Crippen LogP contribution in [0, 0.1) is 6.92 Å². The smallest absolute Gasteiger partial charge is 0.315 e. The van der Waals surface area contributed by atoms with Gasteiger partial charge in [0.15, 0.2) is 5.58 Å². The molecule has 2 heterocycles. The lowest BCUT2D eigenvalue weighted by Crippen LogP contribution is -2.40. The van der Waals surface area contributed by atoms with E-state index in [-0.39, 0.29) is 12.1 Å². The summed E-state index contributed by atoms with van der Waals surface area (Å²) in [4.78, 5) is 12.0. The van der Waals surface area contributed by atoms with Gasteiger partial charge in [0.1, 0.15) is 11.5 Å². The second kappa shape index (κ2) is 7.21. The summed E-state index contributed by atoms with van der Waals surface area (Å²) < 4.78 is 10.6. The molecule has 0 fully saturated rings. The van der Waals surface area contributed by atoms with Crippen LogP contribution in [-0.4, -0.2) is 17.2 Å². The van der Waals surface area contributed by atoms with Gasteiger partial charge in [-0.25, -0.2) is 4.79 Å². The van der Waals surface area contributed by atoms with Crippen LogP contribution in [0.3, 0.4) is 0 Å². The summed E-state index contributed by atoms with van der Waals surface area (Å²) in [5.41, 5.74) is 2.58. The summed E-state index contributed by atoms with van der Waals surface area (Å²) >= 11 is 0. The predicted molar refractivity (Wildman–Crippen MR) is 90.6 cm³/mol. The topological polar surface area (TPSA) is 80.3 Å². The summed E-state index contributed by atoms with van der Waals surface area (Å²) in [5, 5.41) is 10.7. The number of fused-ring (bicyclic) bond motifs is 1. The molecular weight excluding hydrogens is 306 g/mol. The van der Waals surface area contributed by atoms with Gasteiger partial charge < -0.3 is 19.6 Å². The second-order valence-electron chi connectivity index (χ2n) is 5.97. The minimum absolute atomic E-state index is 0.0476. The van der Waals surface area contributed by atoms with Crippen LogP contribution >= 0.6 is 0 Å². The van der Waals surface area contributed by atoms with Gasteiger partial charge in [-0.3, -0.25) is 0 Å². The lowest BCUT2D eigenvalue weighted by molar-refractivity contribution is 0.236. The van der Waals surface area contributed by atoms with Crippen LogP contribution in [0.1, 0.15) is 30.4 Å². The Hall–Kier alpha value is -2.76. The molecule has 3 aromatic rings. The van der Waals surface area contributed by atoms with Gasteiger partial charge in [-0.05, 0) is 44.5 Å². The number of benzene rings is 1. The lowest BCUT2D eigenvalue weighted by atomic mass is 10.1. The highest BCUT2D eigenvalue weighted by molar-refractivity contribution is 5.81. The molecule has 126 valence electrons. The highest BCUT2D eigenvalue weighted by atomic mass is 16.5. The first-order chi connectivity index (χ1) is 11.6. The van der Waals surface area contributed by atoms with E-state index < -0.39 is 0 Å². The molecule has 0 radical (unpaired) electrons. The Labute approximate surface area is 140 Å². The summed E-state index contributed by atoms with van der Waals surface area (Å²) in [6, 6.07) is 9.49. The fourth-order valence-corrected chi connectivity index (χ4v) is 2.55. The van der Waals surface area contributed by atoms with Gasteiger partial charge in [0.05, 0.1) is 12.8 Å². The third-order valence-corrected chi connectivity index (χ3v) is 3.90. The van der Waals surface area contributed by atoms with E-state index in [2.05, 4.69) is 15.8 Å². The van der Waals surface area contributed by atoms with Gasteiger partial charge >= 0.3 is 6.03 Å². The number of furan rings is 1. The second-order valence-corrected chi connectivity index (χ2v) is 5.97. The Morgan fingerprint density at radius 1 is 1.33 bits per heavy atom. The third-order valence-electron chi connectivity index (χ3n) is 3.90. The van der Waals surface area contributed by atoms with Crippen molar-refractivity contribution < 1.29 is 13.7 Å². The molecule has 0 saturated carbocycles. The Bertz CT molecular complexity index is 808. The van der Waals surface area contributed by atoms with Crippen LogP contribution in [-0.2, 0) is 13.0 Å². The number of carbonyl (C=O) groups is 1. The molecule has 6 nitrogen and oxygen atoms in total. The quantitative estimate of drug-likeness (QED) is 0.725. The van der Waals surface area contributed by atoms with E-state index in [0.29, 0.717) is 6.54 Å². The van der Waals surface area contributed by atoms with E-state index in [4.69, 9.17) is 8.94 Å². The number of aromatic nitrogens is 1. The van der Waals surface area contributed by atoms with Crippen molar-refractivity contribution in [3.8, 4) is 0 Å². The van der Waals surface area contributed by atoms with E-state index in [0.717, 1.165) is 40.8 Å². The molecule has 0 aliphatic carbocycles. The SMILES string of the molecule is Cc1ccc2onc(CNC(=O)NC(C)CCc3ccco3)c2c1. The number of carbonyl (C=O) groups excluding carboxylic acids is 1. The Morgan fingerprint density at radius 2 is 2.21 bits per heavy atom. The molecular formula is C18H21N3O3. The minimum Gasteiger partial charge on any atom is -0.469 e. The zero-order chi connectivity index (χ0) is 16.9. The van der Waals surface area contributed by atoms with E-state index >= 15 is 0 Å². The number of nitrogens with one attached hydrogen (secondary N) is 2. The van der Waals surface area contributed by atoms with Crippen LogP contribution in [0.15, 0.2) is 45.5 Å². The number of rotatable bonds is 6. The number of hydrogen-bond acceptors (Lipinski definition) is 4. The molecule has 24 heavy (non-hydrogen) atoms. The molecule has 6 heteroatoms. The average Bonchev–Trinajstić information content (AvgIpc) is 3.20. The highest BCUT2D eigenvalue weighted by Crippen LogP contribution is 2.19. The van der Waals surface area contributed by atoms with Crippen molar-refractivity contribution in [1.82, 2.24) is 15.8 Å². The van der Waals surface area contributed by atoms with Crippen molar-refractivity contribution in [2.75, 3.05) is 0 Å². The first-order valence-electron chi connectivity index (χ1n) is 8.03. The molecule has 1 aromatic carbocycles. The van der Waals surface area contributed by atoms with Crippen LogP contribution in [0.5, 0.6) is 0 Å². The Morgan fingerprint density at radius 3 is 3.00 bits per heavy atom. The predicted octanol–water partition coefficient (Wildman–Crippen LogP) is 3.55. The highest BCUT2D eigenvalue weighted by Gasteiger charge is 2.11. The van der Waals surface area contributed by atoms with Crippen molar-refractivity contribution in [2.45, 2.75) is 39.3 Å². The maximum Gasteiger partial charge on any atom is 0.315 e. The minimum atomic E-state index is -0.217. The number of urea groups is 1. The van der Waals surface area contributed by atoms with Crippen LogP contribution in [0.25, 0.3) is 11.0 Å². The summed E-state index contributed by atoms with van der Waals surface area (Å²) in [5.74, 6) is 0.925. The molecule has 0 aliphatic heterocycles. The van der Waals surface area contributed by atoms with Crippen molar-refractivity contribution >= 4 is 17.0 Å². The number of hydrogen-bond donors (Lipinski definition) is 2. The summed E-state index contributed by atoms with van der Waals surface area (Å²) in [7, 11) is 0. The first kappa shape index (κ1) is 16.1. The van der Waals surface area contributed by atoms with Crippen molar-refractivity contribution in [3.05, 3.63) is 53.6 Å². The summed E-state index contributed by atoms with van der Waals surface area (Å²) in [6.45, 7) is 4.31. The van der Waals surface area contributed by atoms with E-state index in [1.807, 2.05) is 44.2 Å². The third kappa shape index (κ3) is 3.95. The standard InChI is InChI=1S/C18H21N3O3/c1-12-5-8-17-15(10-12)16(21-24-17)11-19-18(22)20-13(2)6-7-14-4-3-9-23-14/h3-5,8-10,13H,6-7,11H2,1-2H3,(H2,19,20,22). The maximum absolute atomic E-state index is 12.0. The zero-order valence-corrected chi connectivity index (χ0v) is 13.8. The van der Waals surface area contributed by atoms with E-state index in [9.17, 15) is 4.79 Å². The molecule has 2 aromatic heterocycles. The molecule has 0 saturated heterocycles. The monoisotopic (exact) mass is 327 g/mol. The number of aryl methyl sites for hydroxylation is 2. The number of nitrogens with zero attached hydrogens (tertiary/aromatic N) is 1. The van der Waals surface area contributed by atoms with Crippen molar-refractivity contribution in [3.63, 3.8) is 0 Å². The van der Waals surface area contributed by atoms with Crippen LogP contribution in [0.2, 0.25) is 0 Å². The van der Waals surface area contributed by atoms with Gasteiger partial charge in [-0.15, -0.1) is 0 Å². The van der Waals surface area contributed by atoms with Gasteiger partial charge in [-0.1, -0.05) is 16.8 Å². The van der Waals surface area contributed by atoms with Gasteiger partial charge in [0.2, 0.25) is 0 Å². The van der Waals surface area contributed by atoms with Gasteiger partial charge in [-0.2, -0.15) is 0 Å². The fraction of sp³-hybridized carbons (Fsp3) is 0.333. The first-order valence-corrected chi connectivity index (χ1v) is 8.03. The molecule has 0 aliphatic rings. The Balaban J connectivity index is 1.48. The lowest BCUT2D eigenvalue weighted by Gasteiger charge is -2.13. The van der Waals surface area contributed by atoms with Crippen LogP contribution < -0.4 is 10.6 Å². The largest absolute Gasteiger partial charge is 0.469 e. The van der Waals surface area contributed by atoms with Crippen molar-refractivity contribution in [1.29, 1.82) is 0 Å². The summed E-state index contributed by atoms with van der Waals surface area (Å²) in [6.07, 6.45) is 3.26. The van der Waals surface area contributed by atoms with Crippen molar-refractivity contribution in [2.24, 2.45) is 0 Å².